The van der Waals surface area contributed by atoms with E-state index in [0.29, 0.717) is 36.5 Å². The topological polar surface area (TPSA) is 76.2 Å². The van der Waals surface area contributed by atoms with E-state index in [4.69, 9.17) is 9.52 Å². The number of rotatable bonds is 5. The van der Waals surface area contributed by atoms with Gasteiger partial charge in [-0.15, -0.1) is 10.2 Å². The molecule has 0 saturated heterocycles. The van der Waals surface area contributed by atoms with E-state index in [-0.39, 0.29) is 6.42 Å². The van der Waals surface area contributed by atoms with Crippen molar-refractivity contribution < 1.29 is 14.3 Å². The van der Waals surface area contributed by atoms with Gasteiger partial charge in [-0.05, 0) is 18.8 Å². The van der Waals surface area contributed by atoms with Gasteiger partial charge in [-0.1, -0.05) is 6.92 Å². The van der Waals surface area contributed by atoms with Gasteiger partial charge >= 0.3 is 5.97 Å². The molecule has 5 nitrogen and oxygen atoms in total. The van der Waals surface area contributed by atoms with Crippen molar-refractivity contribution in [3.63, 3.8) is 0 Å². The van der Waals surface area contributed by atoms with Crippen molar-refractivity contribution in [1.29, 1.82) is 0 Å². The van der Waals surface area contributed by atoms with E-state index in [1.807, 2.05) is 0 Å². The van der Waals surface area contributed by atoms with Crippen LogP contribution in [0.4, 0.5) is 0 Å². The molecule has 0 aromatic carbocycles. The number of aromatic nitrogens is 2. The predicted octanol–water partition coefficient (Wildman–Crippen LogP) is 1.60. The van der Waals surface area contributed by atoms with Crippen LogP contribution in [0.5, 0.6) is 0 Å². The van der Waals surface area contributed by atoms with Crippen molar-refractivity contribution in [1.82, 2.24) is 10.2 Å². The zero-order valence-electron chi connectivity index (χ0n) is 8.64. The number of carboxylic acids is 1. The third-order valence-corrected chi connectivity index (χ3v) is 2.69. The Hall–Kier alpha value is -1.39. The molecule has 1 saturated carbocycles. The van der Waals surface area contributed by atoms with Crippen LogP contribution in [0.25, 0.3) is 0 Å². The summed E-state index contributed by atoms with van der Waals surface area (Å²) in [6.07, 6.45) is 2.38. The summed E-state index contributed by atoms with van der Waals surface area (Å²) < 4.78 is 5.44. The molecule has 1 fully saturated rings. The van der Waals surface area contributed by atoms with Crippen LogP contribution < -0.4 is 0 Å². The Bertz CT molecular complexity index is 361. The summed E-state index contributed by atoms with van der Waals surface area (Å²) >= 11 is 0. The Balaban J connectivity index is 1.82. The van der Waals surface area contributed by atoms with Crippen molar-refractivity contribution in [3.05, 3.63) is 11.8 Å². The van der Waals surface area contributed by atoms with Gasteiger partial charge in [-0.25, -0.2) is 0 Å². The molecule has 2 atom stereocenters. The lowest BCUT2D eigenvalue weighted by atomic mass is 10.2. The summed E-state index contributed by atoms with van der Waals surface area (Å²) in [4.78, 5) is 10.3. The number of hydrogen-bond donors (Lipinski definition) is 1. The summed E-state index contributed by atoms with van der Waals surface area (Å²) in [6.45, 7) is 2.15. The van der Waals surface area contributed by atoms with Crippen LogP contribution >= 0.6 is 0 Å². The van der Waals surface area contributed by atoms with Crippen LogP contribution in [0, 0.1) is 5.92 Å². The molecular weight excluding hydrogens is 196 g/mol. The van der Waals surface area contributed by atoms with E-state index in [2.05, 4.69) is 17.1 Å². The number of nitrogens with zero attached hydrogens (tertiary/aromatic N) is 2. The molecule has 2 rings (SSSR count). The summed E-state index contributed by atoms with van der Waals surface area (Å²) in [5, 5.41) is 16.3. The highest BCUT2D eigenvalue weighted by Crippen LogP contribution is 2.46. The lowest BCUT2D eigenvalue weighted by molar-refractivity contribution is -0.137. The fourth-order valence-corrected chi connectivity index (χ4v) is 1.57. The quantitative estimate of drug-likeness (QED) is 0.798. The first-order valence-electron chi connectivity index (χ1n) is 5.21. The van der Waals surface area contributed by atoms with Crippen molar-refractivity contribution in [3.8, 4) is 0 Å². The minimum atomic E-state index is -0.787. The molecule has 2 unspecified atom stereocenters. The minimum absolute atomic E-state index is 0.150. The number of aryl methyl sites for hydroxylation is 1. The second-order valence-corrected chi connectivity index (χ2v) is 4.10. The van der Waals surface area contributed by atoms with E-state index in [1.54, 1.807) is 0 Å². The first-order chi connectivity index (χ1) is 7.16. The SMILES string of the molecule is CC1CC1c1nnc(CCCC(=O)O)o1. The molecule has 1 aromatic rings. The average molecular weight is 210 g/mol. The second kappa shape index (κ2) is 4.00. The van der Waals surface area contributed by atoms with Crippen molar-refractivity contribution in [2.45, 2.75) is 38.5 Å². The minimum Gasteiger partial charge on any atom is -0.481 e. The normalized spacial score (nSPS) is 24.1. The van der Waals surface area contributed by atoms with Crippen LogP contribution in [-0.2, 0) is 11.2 Å². The molecule has 0 aliphatic heterocycles. The van der Waals surface area contributed by atoms with Crippen LogP contribution in [-0.4, -0.2) is 21.3 Å². The molecule has 0 spiro atoms. The lowest BCUT2D eigenvalue weighted by Crippen LogP contribution is -1.95. The van der Waals surface area contributed by atoms with Gasteiger partial charge in [0.2, 0.25) is 11.8 Å². The maximum Gasteiger partial charge on any atom is 0.303 e. The van der Waals surface area contributed by atoms with Crippen LogP contribution in [0.15, 0.2) is 4.42 Å². The third-order valence-electron chi connectivity index (χ3n) is 2.69. The average Bonchev–Trinajstić information content (AvgIpc) is 2.73. The standard InChI is InChI=1S/C10H14N2O3/c1-6-5-7(6)10-12-11-8(15-10)3-2-4-9(13)14/h6-7H,2-5H2,1H3,(H,13,14). The lowest BCUT2D eigenvalue weighted by Gasteiger charge is -1.91. The third kappa shape index (κ3) is 2.55. The summed E-state index contributed by atoms with van der Waals surface area (Å²) in [5.74, 6) is 1.58. The maximum absolute atomic E-state index is 10.3. The predicted molar refractivity (Wildman–Crippen MR) is 51.4 cm³/mol. The van der Waals surface area contributed by atoms with E-state index in [1.165, 1.54) is 0 Å². The van der Waals surface area contributed by atoms with Gasteiger partial charge in [0.05, 0.1) is 0 Å². The van der Waals surface area contributed by atoms with Crippen molar-refractivity contribution in [2.24, 2.45) is 5.92 Å². The molecule has 5 heteroatoms. The van der Waals surface area contributed by atoms with Crippen molar-refractivity contribution >= 4 is 5.97 Å². The van der Waals surface area contributed by atoms with E-state index in [0.717, 1.165) is 6.42 Å². The molecule has 15 heavy (non-hydrogen) atoms. The Morgan fingerprint density at radius 3 is 2.93 bits per heavy atom. The number of carboxylic acid groups (broad SMARTS) is 1. The molecular formula is C10H14N2O3. The Labute approximate surface area is 87.5 Å². The van der Waals surface area contributed by atoms with Gasteiger partial charge < -0.3 is 9.52 Å². The highest BCUT2D eigenvalue weighted by atomic mass is 16.4. The Morgan fingerprint density at radius 2 is 2.33 bits per heavy atom. The molecule has 1 aliphatic carbocycles. The van der Waals surface area contributed by atoms with E-state index >= 15 is 0 Å². The first kappa shape index (κ1) is 10.1. The molecule has 0 bridgehead atoms. The van der Waals surface area contributed by atoms with Gasteiger partial charge in [-0.3, -0.25) is 4.79 Å². The van der Waals surface area contributed by atoms with Gasteiger partial charge in [0.1, 0.15) is 0 Å². The fourth-order valence-electron chi connectivity index (χ4n) is 1.57. The van der Waals surface area contributed by atoms with E-state index < -0.39 is 5.97 Å². The van der Waals surface area contributed by atoms with Gasteiger partial charge in [-0.2, -0.15) is 0 Å². The molecule has 1 heterocycles. The van der Waals surface area contributed by atoms with Crippen LogP contribution in [0.3, 0.4) is 0 Å². The zero-order chi connectivity index (χ0) is 10.8. The highest BCUT2D eigenvalue weighted by Gasteiger charge is 2.38. The fraction of sp³-hybridized carbons (Fsp3) is 0.700. The van der Waals surface area contributed by atoms with E-state index in [9.17, 15) is 4.79 Å². The Morgan fingerprint density at radius 1 is 1.60 bits per heavy atom. The second-order valence-electron chi connectivity index (χ2n) is 4.10. The highest BCUT2D eigenvalue weighted by molar-refractivity contribution is 5.66. The maximum atomic E-state index is 10.3. The molecule has 1 aromatic heterocycles. The summed E-state index contributed by atoms with van der Waals surface area (Å²) in [7, 11) is 0. The molecule has 0 amide bonds. The monoisotopic (exact) mass is 210 g/mol. The smallest absolute Gasteiger partial charge is 0.303 e. The number of carbonyl (C=O) groups is 1. The number of aliphatic carboxylic acids is 1. The molecule has 82 valence electrons. The van der Waals surface area contributed by atoms with Gasteiger partial charge in [0, 0.05) is 18.8 Å². The largest absolute Gasteiger partial charge is 0.481 e. The van der Waals surface area contributed by atoms with Crippen molar-refractivity contribution in [2.75, 3.05) is 0 Å². The van der Waals surface area contributed by atoms with Gasteiger partial charge in [0.15, 0.2) is 0 Å². The first-order valence-corrected chi connectivity index (χ1v) is 5.21. The molecule has 1 aliphatic rings. The molecule has 0 radical (unpaired) electrons. The zero-order valence-corrected chi connectivity index (χ0v) is 8.64. The summed E-state index contributed by atoms with van der Waals surface area (Å²) in [5.41, 5.74) is 0. The molecule has 1 N–H and O–H groups in total. The Kier molecular flexibility index (Phi) is 2.70. The number of hydrogen-bond acceptors (Lipinski definition) is 4. The van der Waals surface area contributed by atoms with Crippen LogP contribution in [0.1, 0.15) is 43.9 Å². The van der Waals surface area contributed by atoms with Crippen LogP contribution in [0.2, 0.25) is 0 Å². The summed E-state index contributed by atoms with van der Waals surface area (Å²) in [6, 6.07) is 0. The van der Waals surface area contributed by atoms with Gasteiger partial charge in [0.25, 0.3) is 0 Å².